The Kier molecular flexibility index (Phi) is 4.74. The first-order valence-corrected chi connectivity index (χ1v) is 7.88. The molecule has 21 heavy (non-hydrogen) atoms. The molecule has 0 aliphatic rings. The van der Waals surface area contributed by atoms with E-state index in [4.69, 9.17) is 18.0 Å². The Morgan fingerprint density at radius 2 is 2.24 bits per heavy atom. The van der Waals surface area contributed by atoms with Crippen LogP contribution in [0.2, 0.25) is 0 Å². The van der Waals surface area contributed by atoms with Crippen LogP contribution in [0.3, 0.4) is 0 Å². The predicted octanol–water partition coefficient (Wildman–Crippen LogP) is 2.59. The number of nitrogens with two attached hydrogens (primary N) is 1. The van der Waals surface area contributed by atoms with Crippen LogP contribution in [0, 0.1) is 6.92 Å². The Morgan fingerprint density at radius 3 is 2.76 bits per heavy atom. The Labute approximate surface area is 133 Å². The number of thiocarbonyl (C=S) groups is 1. The van der Waals surface area contributed by atoms with Crippen molar-refractivity contribution in [2.45, 2.75) is 32.9 Å². The third-order valence-electron chi connectivity index (χ3n) is 2.97. The van der Waals surface area contributed by atoms with Crippen molar-refractivity contribution in [1.29, 1.82) is 0 Å². The number of aromatic nitrogens is 2. The number of rotatable bonds is 5. The largest absolute Gasteiger partial charge is 0.391 e. The molecule has 7 heteroatoms. The van der Waals surface area contributed by atoms with E-state index in [2.05, 4.69) is 10.4 Å². The van der Waals surface area contributed by atoms with Gasteiger partial charge in [-0.05, 0) is 38.3 Å². The van der Waals surface area contributed by atoms with Gasteiger partial charge in [0.2, 0.25) is 0 Å². The highest BCUT2D eigenvalue weighted by atomic mass is 32.1. The molecule has 2 aromatic rings. The summed E-state index contributed by atoms with van der Waals surface area (Å²) < 4.78 is 1.70. The Hall–Kier alpha value is -1.73. The highest BCUT2D eigenvalue weighted by Gasteiger charge is 2.22. The maximum absolute atomic E-state index is 12.5. The maximum Gasteiger partial charge on any atom is 0.270 e. The van der Waals surface area contributed by atoms with E-state index in [0.717, 1.165) is 10.6 Å². The van der Waals surface area contributed by atoms with E-state index < -0.39 is 6.04 Å². The number of thiophene rings is 1. The van der Waals surface area contributed by atoms with Gasteiger partial charge in [0, 0.05) is 10.9 Å². The second kappa shape index (κ2) is 6.36. The molecule has 5 nitrogen and oxygen atoms in total. The molecule has 0 spiro atoms. The standard InChI is InChI=1S/C14H18N4OS2/c1-8(2)18-10(7-9(3)17-18)14(19)16-12(13(15)20)11-5-4-6-21-11/h4-8,12H,1-3H3,(H2,15,20)(H,16,19). The molecule has 0 radical (unpaired) electrons. The van der Waals surface area contributed by atoms with Crippen LogP contribution in [-0.2, 0) is 0 Å². The summed E-state index contributed by atoms with van der Waals surface area (Å²) in [6, 6.07) is 5.22. The molecule has 0 aliphatic heterocycles. The smallest absolute Gasteiger partial charge is 0.270 e. The van der Waals surface area contributed by atoms with Crippen molar-refractivity contribution in [1.82, 2.24) is 15.1 Å². The number of amides is 1. The molecular formula is C14H18N4OS2. The average molecular weight is 322 g/mol. The Bertz CT molecular complexity index is 646. The number of carbonyl (C=O) groups excluding carboxylic acids is 1. The van der Waals surface area contributed by atoms with E-state index in [1.807, 2.05) is 38.3 Å². The zero-order valence-corrected chi connectivity index (χ0v) is 13.8. The quantitative estimate of drug-likeness (QED) is 0.830. The fourth-order valence-electron chi connectivity index (χ4n) is 2.02. The first-order chi connectivity index (χ1) is 9.90. The SMILES string of the molecule is Cc1cc(C(=O)NC(C(N)=S)c2cccs2)n(C(C)C)n1. The van der Waals surface area contributed by atoms with Crippen LogP contribution >= 0.6 is 23.6 Å². The second-order valence-corrected chi connectivity index (χ2v) is 6.48. The van der Waals surface area contributed by atoms with Gasteiger partial charge in [-0.2, -0.15) is 5.10 Å². The van der Waals surface area contributed by atoms with Gasteiger partial charge in [-0.1, -0.05) is 18.3 Å². The van der Waals surface area contributed by atoms with Gasteiger partial charge in [0.1, 0.15) is 16.7 Å². The molecule has 0 fully saturated rings. The van der Waals surface area contributed by atoms with Gasteiger partial charge in [0.05, 0.1) is 5.69 Å². The van der Waals surface area contributed by atoms with Crippen molar-refractivity contribution in [3.63, 3.8) is 0 Å². The van der Waals surface area contributed by atoms with Crippen LogP contribution in [0.5, 0.6) is 0 Å². The fraction of sp³-hybridized carbons (Fsp3) is 0.357. The van der Waals surface area contributed by atoms with E-state index in [1.54, 1.807) is 10.7 Å². The lowest BCUT2D eigenvalue weighted by Gasteiger charge is -2.17. The number of carbonyl (C=O) groups is 1. The normalized spacial score (nSPS) is 12.4. The summed E-state index contributed by atoms with van der Waals surface area (Å²) in [6.45, 7) is 5.82. The van der Waals surface area contributed by atoms with Crippen molar-refractivity contribution in [3.05, 3.63) is 39.8 Å². The number of nitrogens with zero attached hydrogens (tertiary/aromatic N) is 2. The lowest BCUT2D eigenvalue weighted by atomic mass is 10.2. The molecule has 0 bridgehead atoms. The summed E-state index contributed by atoms with van der Waals surface area (Å²) in [6.07, 6.45) is 0. The van der Waals surface area contributed by atoms with Gasteiger partial charge in [0.25, 0.3) is 5.91 Å². The van der Waals surface area contributed by atoms with E-state index >= 15 is 0 Å². The lowest BCUT2D eigenvalue weighted by molar-refractivity contribution is 0.0934. The van der Waals surface area contributed by atoms with E-state index in [0.29, 0.717) is 5.69 Å². The summed E-state index contributed by atoms with van der Waals surface area (Å²) in [5, 5.41) is 9.15. The van der Waals surface area contributed by atoms with Gasteiger partial charge < -0.3 is 11.1 Å². The van der Waals surface area contributed by atoms with Crippen molar-refractivity contribution in [3.8, 4) is 0 Å². The Morgan fingerprint density at radius 1 is 1.52 bits per heavy atom. The van der Waals surface area contributed by atoms with Crippen LogP contribution in [0.4, 0.5) is 0 Å². The summed E-state index contributed by atoms with van der Waals surface area (Å²) in [5.74, 6) is -0.226. The molecule has 1 atom stereocenters. The van der Waals surface area contributed by atoms with Crippen LogP contribution in [0.25, 0.3) is 0 Å². The van der Waals surface area contributed by atoms with Crippen molar-refractivity contribution >= 4 is 34.5 Å². The van der Waals surface area contributed by atoms with Gasteiger partial charge in [0.15, 0.2) is 0 Å². The molecule has 0 saturated carbocycles. The third-order valence-corrected chi connectivity index (χ3v) is 4.14. The van der Waals surface area contributed by atoms with Gasteiger partial charge in [-0.3, -0.25) is 9.48 Å². The number of hydrogen-bond acceptors (Lipinski definition) is 4. The Balaban J connectivity index is 2.26. The van der Waals surface area contributed by atoms with E-state index in [-0.39, 0.29) is 16.9 Å². The summed E-state index contributed by atoms with van der Waals surface area (Å²) in [4.78, 5) is 13.7. The van der Waals surface area contributed by atoms with Crippen molar-refractivity contribution in [2.75, 3.05) is 0 Å². The second-order valence-electron chi connectivity index (χ2n) is 5.03. The van der Waals surface area contributed by atoms with E-state index in [9.17, 15) is 4.79 Å². The lowest BCUT2D eigenvalue weighted by Crippen LogP contribution is -2.37. The van der Waals surface area contributed by atoms with E-state index in [1.165, 1.54) is 11.3 Å². The molecule has 1 unspecified atom stereocenters. The molecule has 0 aromatic carbocycles. The molecule has 2 rings (SSSR count). The highest BCUT2D eigenvalue weighted by molar-refractivity contribution is 7.80. The molecular weight excluding hydrogens is 304 g/mol. The summed E-state index contributed by atoms with van der Waals surface area (Å²) >= 11 is 6.58. The minimum atomic E-state index is -0.455. The number of aryl methyl sites for hydroxylation is 1. The molecule has 0 saturated heterocycles. The van der Waals surface area contributed by atoms with Gasteiger partial charge >= 0.3 is 0 Å². The average Bonchev–Trinajstić information content (AvgIpc) is 3.04. The predicted molar refractivity (Wildman–Crippen MR) is 88.7 cm³/mol. The molecule has 1 amide bonds. The molecule has 112 valence electrons. The molecule has 2 heterocycles. The molecule has 0 aliphatic carbocycles. The van der Waals surface area contributed by atoms with Gasteiger partial charge in [-0.25, -0.2) is 0 Å². The number of hydrogen-bond donors (Lipinski definition) is 2. The van der Waals surface area contributed by atoms with Crippen molar-refractivity contribution < 1.29 is 4.79 Å². The monoisotopic (exact) mass is 322 g/mol. The first-order valence-electron chi connectivity index (χ1n) is 6.60. The third kappa shape index (κ3) is 3.48. The van der Waals surface area contributed by atoms with Crippen LogP contribution < -0.4 is 11.1 Å². The summed E-state index contributed by atoms with van der Waals surface area (Å²) in [7, 11) is 0. The fourth-order valence-corrected chi connectivity index (χ4v) is 3.08. The molecule has 3 N–H and O–H groups in total. The van der Waals surface area contributed by atoms with Crippen LogP contribution in [0.15, 0.2) is 23.6 Å². The zero-order chi connectivity index (χ0) is 15.6. The topological polar surface area (TPSA) is 72.9 Å². The minimum Gasteiger partial charge on any atom is -0.391 e. The van der Waals surface area contributed by atoms with Crippen LogP contribution in [-0.4, -0.2) is 20.7 Å². The van der Waals surface area contributed by atoms with Crippen LogP contribution in [0.1, 0.15) is 47.0 Å². The van der Waals surface area contributed by atoms with Gasteiger partial charge in [-0.15, -0.1) is 11.3 Å². The maximum atomic E-state index is 12.5. The highest BCUT2D eigenvalue weighted by Crippen LogP contribution is 2.20. The summed E-state index contributed by atoms with van der Waals surface area (Å²) in [5.41, 5.74) is 7.08. The minimum absolute atomic E-state index is 0.101. The van der Waals surface area contributed by atoms with Crippen molar-refractivity contribution in [2.24, 2.45) is 5.73 Å². The number of nitrogens with one attached hydrogen (secondary N) is 1. The molecule has 2 aromatic heterocycles. The first kappa shape index (κ1) is 15.7. The zero-order valence-electron chi connectivity index (χ0n) is 12.2.